The van der Waals surface area contributed by atoms with Crippen molar-refractivity contribution in [1.82, 2.24) is 5.32 Å². The Kier molecular flexibility index (Phi) is 4.37. The van der Waals surface area contributed by atoms with Gasteiger partial charge in [-0.1, -0.05) is 51.1 Å². The summed E-state index contributed by atoms with van der Waals surface area (Å²) in [6.07, 6.45) is 5.20. The normalized spacial score (nSPS) is 37.0. The Morgan fingerprint density at radius 2 is 1.81 bits per heavy atom. The summed E-state index contributed by atoms with van der Waals surface area (Å²) in [6, 6.07) is 11.2. The van der Waals surface area contributed by atoms with Crippen LogP contribution in [0.1, 0.15) is 58.1 Å². The van der Waals surface area contributed by atoms with Crippen molar-refractivity contribution in [2.45, 2.75) is 64.2 Å². The maximum Gasteiger partial charge on any atom is 0.0988 e. The van der Waals surface area contributed by atoms with Gasteiger partial charge in [-0.05, 0) is 43.1 Å². The van der Waals surface area contributed by atoms with Crippen molar-refractivity contribution in [3.05, 3.63) is 35.9 Å². The van der Waals surface area contributed by atoms with Crippen LogP contribution in [0.2, 0.25) is 0 Å². The highest BCUT2D eigenvalue weighted by Gasteiger charge is 2.44. The van der Waals surface area contributed by atoms with E-state index in [1.54, 1.807) is 0 Å². The number of morpholine rings is 1. The Hall–Kier alpha value is -0.860. The van der Waals surface area contributed by atoms with Crippen LogP contribution in [0.25, 0.3) is 0 Å². The van der Waals surface area contributed by atoms with E-state index in [1.807, 2.05) is 0 Å². The van der Waals surface area contributed by atoms with Gasteiger partial charge in [0.1, 0.15) is 0 Å². The molecule has 0 aromatic heterocycles. The molecule has 1 spiro atoms. The van der Waals surface area contributed by atoms with Crippen molar-refractivity contribution < 1.29 is 4.74 Å². The molecule has 2 unspecified atom stereocenters. The number of benzene rings is 1. The van der Waals surface area contributed by atoms with Gasteiger partial charge in [0.05, 0.1) is 11.7 Å². The van der Waals surface area contributed by atoms with Crippen molar-refractivity contribution in [2.24, 2.45) is 11.8 Å². The van der Waals surface area contributed by atoms with Crippen LogP contribution in [-0.4, -0.2) is 18.2 Å². The third-order valence-electron chi connectivity index (χ3n) is 5.39. The fraction of sp³-hybridized carbons (Fsp3) is 0.684. The van der Waals surface area contributed by atoms with Crippen LogP contribution in [0.3, 0.4) is 0 Å². The van der Waals surface area contributed by atoms with E-state index >= 15 is 0 Å². The second kappa shape index (κ2) is 6.10. The van der Waals surface area contributed by atoms with Crippen LogP contribution in [0, 0.1) is 11.8 Å². The van der Waals surface area contributed by atoms with Crippen molar-refractivity contribution in [3.63, 3.8) is 0 Å². The summed E-state index contributed by atoms with van der Waals surface area (Å²) in [6.45, 7) is 7.97. The van der Waals surface area contributed by atoms with Gasteiger partial charge in [-0.25, -0.2) is 0 Å². The molecule has 21 heavy (non-hydrogen) atoms. The van der Waals surface area contributed by atoms with Gasteiger partial charge in [-0.3, -0.25) is 0 Å². The van der Waals surface area contributed by atoms with Gasteiger partial charge >= 0.3 is 0 Å². The van der Waals surface area contributed by atoms with Crippen LogP contribution < -0.4 is 5.32 Å². The van der Waals surface area contributed by atoms with E-state index in [9.17, 15) is 0 Å². The van der Waals surface area contributed by atoms with Crippen molar-refractivity contribution in [2.75, 3.05) is 6.54 Å². The van der Waals surface area contributed by atoms with E-state index in [4.69, 9.17) is 4.74 Å². The van der Waals surface area contributed by atoms with E-state index in [0.717, 1.165) is 12.5 Å². The van der Waals surface area contributed by atoms with Crippen LogP contribution in [0.4, 0.5) is 0 Å². The molecule has 2 heteroatoms. The molecule has 1 heterocycles. The van der Waals surface area contributed by atoms with Gasteiger partial charge in [-0.15, -0.1) is 0 Å². The minimum absolute atomic E-state index is 0.0679. The van der Waals surface area contributed by atoms with Crippen molar-refractivity contribution in [3.8, 4) is 0 Å². The van der Waals surface area contributed by atoms with Gasteiger partial charge in [0.2, 0.25) is 0 Å². The topological polar surface area (TPSA) is 21.3 Å². The zero-order valence-corrected chi connectivity index (χ0v) is 13.6. The molecule has 116 valence electrons. The lowest BCUT2D eigenvalue weighted by Crippen LogP contribution is -2.58. The monoisotopic (exact) mass is 287 g/mol. The zero-order chi connectivity index (χ0) is 14.9. The second-order valence-corrected chi connectivity index (χ2v) is 7.47. The summed E-state index contributed by atoms with van der Waals surface area (Å²) in [4.78, 5) is 0. The number of hydrogen-bond donors (Lipinski definition) is 1. The molecule has 1 saturated carbocycles. The molecule has 1 aliphatic carbocycles. The largest absolute Gasteiger partial charge is 0.364 e. The van der Waals surface area contributed by atoms with Crippen molar-refractivity contribution in [1.29, 1.82) is 0 Å². The van der Waals surface area contributed by atoms with Crippen molar-refractivity contribution >= 4 is 0 Å². The van der Waals surface area contributed by atoms with Gasteiger partial charge in [0, 0.05) is 12.6 Å². The summed E-state index contributed by atoms with van der Waals surface area (Å²) in [5, 5.41) is 3.82. The molecule has 2 atom stereocenters. The van der Waals surface area contributed by atoms with Crippen LogP contribution in [0.15, 0.2) is 30.3 Å². The van der Waals surface area contributed by atoms with E-state index < -0.39 is 0 Å². The molecule has 1 saturated heterocycles. The third-order valence-corrected chi connectivity index (χ3v) is 5.39. The predicted molar refractivity (Wildman–Crippen MR) is 87.3 cm³/mol. The summed E-state index contributed by atoms with van der Waals surface area (Å²) in [5.41, 5.74) is 1.39. The smallest absolute Gasteiger partial charge is 0.0988 e. The first kappa shape index (κ1) is 15.1. The fourth-order valence-corrected chi connectivity index (χ4v) is 3.88. The summed E-state index contributed by atoms with van der Waals surface area (Å²) < 4.78 is 6.76. The molecule has 2 aliphatic rings. The molecule has 1 N–H and O–H groups in total. The summed E-state index contributed by atoms with van der Waals surface area (Å²) in [5.74, 6) is 1.44. The molecule has 2 nitrogen and oxygen atoms in total. The minimum atomic E-state index is 0.0679. The molecule has 0 amide bonds. The lowest BCUT2D eigenvalue weighted by Gasteiger charge is -2.49. The summed E-state index contributed by atoms with van der Waals surface area (Å²) >= 11 is 0. The Balaban J connectivity index is 1.82. The molecular weight excluding hydrogens is 258 g/mol. The first-order valence-corrected chi connectivity index (χ1v) is 8.56. The second-order valence-electron chi connectivity index (χ2n) is 7.47. The molecule has 0 bridgehead atoms. The molecule has 1 aromatic carbocycles. The maximum atomic E-state index is 6.76. The number of rotatable bonds is 2. The molecule has 1 aromatic rings. The first-order chi connectivity index (χ1) is 10.1. The SMILES string of the molecule is CC1CCC2(CC1)CNC(C(C)C)C(c1ccccc1)O2. The van der Waals surface area contributed by atoms with Crippen LogP contribution in [-0.2, 0) is 4.74 Å². The third kappa shape index (κ3) is 3.17. The van der Waals surface area contributed by atoms with Gasteiger partial charge in [0.25, 0.3) is 0 Å². The molecule has 1 aliphatic heterocycles. The van der Waals surface area contributed by atoms with E-state index in [1.165, 1.54) is 31.2 Å². The lowest BCUT2D eigenvalue weighted by molar-refractivity contribution is -0.163. The number of ether oxygens (including phenoxy) is 1. The lowest BCUT2D eigenvalue weighted by atomic mass is 9.77. The Morgan fingerprint density at radius 1 is 1.14 bits per heavy atom. The fourth-order valence-electron chi connectivity index (χ4n) is 3.88. The predicted octanol–water partition coefficient (Wildman–Crippen LogP) is 4.32. The van der Waals surface area contributed by atoms with Gasteiger partial charge < -0.3 is 10.1 Å². The Morgan fingerprint density at radius 3 is 2.43 bits per heavy atom. The molecule has 2 fully saturated rings. The quantitative estimate of drug-likeness (QED) is 0.874. The van der Waals surface area contributed by atoms with Gasteiger partial charge in [0.15, 0.2) is 0 Å². The maximum absolute atomic E-state index is 6.76. The van der Waals surface area contributed by atoms with Crippen LogP contribution in [0.5, 0.6) is 0 Å². The summed E-state index contributed by atoms with van der Waals surface area (Å²) in [7, 11) is 0. The highest BCUT2D eigenvalue weighted by molar-refractivity contribution is 5.21. The standard InChI is InChI=1S/C19H29NO/c1-14(2)17-18(16-7-5-4-6-8-16)21-19(13-20-17)11-9-15(3)10-12-19/h4-8,14-15,17-18,20H,9-13H2,1-3H3. The highest BCUT2D eigenvalue weighted by Crippen LogP contribution is 2.42. The first-order valence-electron chi connectivity index (χ1n) is 8.56. The Bertz CT molecular complexity index is 448. The average Bonchev–Trinajstić information content (AvgIpc) is 2.51. The zero-order valence-electron chi connectivity index (χ0n) is 13.6. The molecule has 0 radical (unpaired) electrons. The average molecular weight is 287 g/mol. The van der Waals surface area contributed by atoms with Crippen LogP contribution >= 0.6 is 0 Å². The Labute approximate surface area is 129 Å². The van der Waals surface area contributed by atoms with E-state index in [2.05, 4.69) is 56.4 Å². The van der Waals surface area contributed by atoms with E-state index in [0.29, 0.717) is 12.0 Å². The number of nitrogens with one attached hydrogen (secondary N) is 1. The molecular formula is C19H29NO. The minimum Gasteiger partial charge on any atom is -0.364 e. The van der Waals surface area contributed by atoms with E-state index in [-0.39, 0.29) is 11.7 Å². The van der Waals surface area contributed by atoms with Gasteiger partial charge in [-0.2, -0.15) is 0 Å². The number of hydrogen-bond acceptors (Lipinski definition) is 2. The molecule has 3 rings (SSSR count). The highest BCUT2D eigenvalue weighted by atomic mass is 16.5.